The topological polar surface area (TPSA) is 67.9 Å². The van der Waals surface area contributed by atoms with Crippen molar-refractivity contribution in [3.8, 4) is 5.75 Å². The molecule has 2 aromatic carbocycles. The summed E-state index contributed by atoms with van der Waals surface area (Å²) in [5.74, 6) is 0.231. The molecule has 7 heteroatoms. The van der Waals surface area contributed by atoms with Crippen molar-refractivity contribution in [2.75, 3.05) is 13.7 Å². The fourth-order valence-corrected chi connectivity index (χ4v) is 4.03. The van der Waals surface area contributed by atoms with Crippen molar-refractivity contribution in [1.29, 1.82) is 0 Å². The lowest BCUT2D eigenvalue weighted by Gasteiger charge is -2.27. The van der Waals surface area contributed by atoms with Gasteiger partial charge in [-0.05, 0) is 51.3 Å². The number of fused-ring (bicyclic) bond motifs is 1. The molecule has 0 saturated heterocycles. The van der Waals surface area contributed by atoms with Gasteiger partial charge in [0.15, 0.2) is 11.5 Å². The SMILES string of the molecule is CN1C(=O)C(c2ccc(F)c(Br)c2)(c2ccc3c(c2)C(C)(C)CO3)N=C1N. The van der Waals surface area contributed by atoms with Gasteiger partial charge in [-0.15, -0.1) is 0 Å². The van der Waals surface area contributed by atoms with E-state index in [2.05, 4.69) is 34.8 Å². The van der Waals surface area contributed by atoms with E-state index in [-0.39, 0.29) is 21.8 Å². The van der Waals surface area contributed by atoms with E-state index in [1.54, 1.807) is 19.2 Å². The van der Waals surface area contributed by atoms with Gasteiger partial charge in [-0.3, -0.25) is 9.69 Å². The predicted octanol–water partition coefficient (Wildman–Crippen LogP) is 3.29. The first-order valence-electron chi connectivity index (χ1n) is 8.53. The van der Waals surface area contributed by atoms with Crippen LogP contribution in [0.5, 0.6) is 5.75 Å². The Kier molecular flexibility index (Phi) is 3.86. The number of ether oxygens (including phenoxy) is 1. The Morgan fingerprint density at radius 2 is 1.89 bits per heavy atom. The molecular weight excluding hydrogens is 413 g/mol. The molecule has 0 spiro atoms. The van der Waals surface area contributed by atoms with Crippen LogP contribution in [0.4, 0.5) is 4.39 Å². The Labute approximate surface area is 165 Å². The van der Waals surface area contributed by atoms with Gasteiger partial charge in [0.2, 0.25) is 0 Å². The summed E-state index contributed by atoms with van der Waals surface area (Å²) in [4.78, 5) is 19.2. The second-order valence-corrected chi connectivity index (χ2v) is 8.41. The van der Waals surface area contributed by atoms with Crippen LogP contribution in [-0.2, 0) is 15.7 Å². The second-order valence-electron chi connectivity index (χ2n) is 7.56. The molecule has 2 aromatic rings. The zero-order chi connectivity index (χ0) is 19.6. The van der Waals surface area contributed by atoms with Crippen LogP contribution < -0.4 is 10.5 Å². The highest BCUT2D eigenvalue weighted by Gasteiger charge is 2.50. The molecule has 1 unspecified atom stereocenters. The molecule has 0 fully saturated rings. The number of guanidine groups is 1. The number of benzene rings is 2. The Morgan fingerprint density at radius 3 is 2.52 bits per heavy atom. The Balaban J connectivity index is 1.99. The molecule has 27 heavy (non-hydrogen) atoms. The number of rotatable bonds is 2. The lowest BCUT2D eigenvalue weighted by molar-refractivity contribution is -0.129. The van der Waals surface area contributed by atoms with Gasteiger partial charge in [-0.1, -0.05) is 26.0 Å². The number of nitrogens with two attached hydrogens (primary N) is 1. The second kappa shape index (κ2) is 5.79. The van der Waals surface area contributed by atoms with Crippen molar-refractivity contribution >= 4 is 27.8 Å². The quantitative estimate of drug-likeness (QED) is 0.792. The van der Waals surface area contributed by atoms with Gasteiger partial charge in [-0.25, -0.2) is 9.38 Å². The van der Waals surface area contributed by atoms with Gasteiger partial charge >= 0.3 is 0 Å². The minimum Gasteiger partial charge on any atom is -0.492 e. The minimum absolute atomic E-state index is 0.122. The number of carbonyl (C=O) groups is 1. The number of halogens is 2. The molecule has 2 heterocycles. The van der Waals surface area contributed by atoms with Gasteiger partial charge in [0.05, 0.1) is 11.1 Å². The summed E-state index contributed by atoms with van der Waals surface area (Å²) in [5, 5.41) is 0. The van der Waals surface area contributed by atoms with Crippen LogP contribution in [0.25, 0.3) is 0 Å². The Morgan fingerprint density at radius 1 is 1.22 bits per heavy atom. The van der Waals surface area contributed by atoms with E-state index in [4.69, 9.17) is 10.5 Å². The van der Waals surface area contributed by atoms with E-state index in [1.807, 2.05) is 18.2 Å². The van der Waals surface area contributed by atoms with E-state index in [0.29, 0.717) is 17.7 Å². The van der Waals surface area contributed by atoms with Crippen LogP contribution in [-0.4, -0.2) is 30.4 Å². The fourth-order valence-electron chi connectivity index (χ4n) is 3.65. The number of nitrogens with zero attached hydrogens (tertiary/aromatic N) is 2. The summed E-state index contributed by atoms with van der Waals surface area (Å²) in [6.45, 7) is 4.74. The van der Waals surface area contributed by atoms with Crippen LogP contribution in [0.15, 0.2) is 45.9 Å². The molecule has 0 bridgehead atoms. The molecule has 5 nitrogen and oxygen atoms in total. The number of amides is 1. The summed E-state index contributed by atoms with van der Waals surface area (Å²) in [6.07, 6.45) is 0. The van der Waals surface area contributed by atoms with E-state index >= 15 is 0 Å². The molecule has 0 saturated carbocycles. The first-order valence-corrected chi connectivity index (χ1v) is 9.33. The minimum atomic E-state index is -1.36. The third kappa shape index (κ3) is 2.48. The number of hydrogen-bond donors (Lipinski definition) is 1. The number of likely N-dealkylation sites (N-methyl/N-ethyl adjacent to an activating group) is 1. The zero-order valence-electron chi connectivity index (χ0n) is 15.2. The Bertz CT molecular complexity index is 1000. The molecule has 2 N–H and O–H groups in total. The molecule has 2 aliphatic rings. The summed E-state index contributed by atoms with van der Waals surface area (Å²) >= 11 is 3.21. The average Bonchev–Trinajstić information content (AvgIpc) is 3.06. The molecule has 140 valence electrons. The first-order chi connectivity index (χ1) is 12.7. The maximum atomic E-state index is 13.8. The summed E-state index contributed by atoms with van der Waals surface area (Å²) < 4.78 is 19.9. The van der Waals surface area contributed by atoms with Crippen molar-refractivity contribution in [3.63, 3.8) is 0 Å². The monoisotopic (exact) mass is 431 g/mol. The van der Waals surface area contributed by atoms with Crippen molar-refractivity contribution < 1.29 is 13.9 Å². The standard InChI is InChI=1S/C20H19BrFN3O2/c1-19(2)10-27-16-7-5-11(8-13(16)19)20(17(26)25(3)18(23)24-20)12-4-6-15(22)14(21)9-12/h4-9H,10H2,1-3H3,(H2,23,24). The normalized spacial score (nSPS) is 23.2. The lowest BCUT2D eigenvalue weighted by atomic mass is 9.79. The van der Waals surface area contributed by atoms with Crippen molar-refractivity contribution in [2.24, 2.45) is 10.7 Å². The fraction of sp³-hybridized carbons (Fsp3) is 0.300. The highest BCUT2D eigenvalue weighted by atomic mass is 79.9. The molecular formula is C20H19BrFN3O2. The van der Waals surface area contributed by atoms with Crippen LogP contribution in [0, 0.1) is 5.82 Å². The van der Waals surface area contributed by atoms with Gasteiger partial charge in [0, 0.05) is 18.0 Å². The Hall–Kier alpha value is -2.41. The molecule has 0 radical (unpaired) electrons. The average molecular weight is 432 g/mol. The van der Waals surface area contributed by atoms with E-state index in [9.17, 15) is 9.18 Å². The van der Waals surface area contributed by atoms with Crippen LogP contribution in [0.1, 0.15) is 30.5 Å². The highest BCUT2D eigenvalue weighted by molar-refractivity contribution is 9.10. The van der Waals surface area contributed by atoms with Crippen molar-refractivity contribution in [1.82, 2.24) is 4.90 Å². The van der Waals surface area contributed by atoms with Gasteiger partial charge in [-0.2, -0.15) is 0 Å². The molecule has 2 aliphatic heterocycles. The number of aliphatic imine (C=N–C) groups is 1. The molecule has 0 aromatic heterocycles. The summed E-state index contributed by atoms with van der Waals surface area (Å²) in [6, 6.07) is 10.1. The van der Waals surface area contributed by atoms with Crippen molar-refractivity contribution in [2.45, 2.75) is 24.8 Å². The lowest BCUT2D eigenvalue weighted by Crippen LogP contribution is -2.41. The van der Waals surface area contributed by atoms with E-state index in [1.165, 1.54) is 11.0 Å². The van der Waals surface area contributed by atoms with Gasteiger partial charge in [0.25, 0.3) is 5.91 Å². The highest BCUT2D eigenvalue weighted by Crippen LogP contribution is 2.45. The smallest absolute Gasteiger partial charge is 0.266 e. The maximum absolute atomic E-state index is 13.8. The number of hydrogen-bond acceptors (Lipinski definition) is 4. The van der Waals surface area contributed by atoms with Crippen LogP contribution in [0.3, 0.4) is 0 Å². The zero-order valence-corrected chi connectivity index (χ0v) is 16.8. The largest absolute Gasteiger partial charge is 0.492 e. The summed E-state index contributed by atoms with van der Waals surface area (Å²) in [7, 11) is 1.59. The van der Waals surface area contributed by atoms with Crippen LogP contribution >= 0.6 is 15.9 Å². The molecule has 1 atom stereocenters. The maximum Gasteiger partial charge on any atom is 0.266 e. The van der Waals surface area contributed by atoms with Crippen molar-refractivity contribution in [3.05, 3.63) is 63.4 Å². The summed E-state index contributed by atoms with van der Waals surface area (Å²) in [5.41, 5.74) is 6.69. The van der Waals surface area contributed by atoms with E-state index < -0.39 is 11.4 Å². The molecule has 1 amide bonds. The predicted molar refractivity (Wildman–Crippen MR) is 104 cm³/mol. The van der Waals surface area contributed by atoms with Gasteiger partial charge in [0.1, 0.15) is 11.6 Å². The van der Waals surface area contributed by atoms with E-state index in [0.717, 1.165) is 11.3 Å². The number of carbonyl (C=O) groups excluding carboxylic acids is 1. The first kappa shape index (κ1) is 18.0. The molecule has 4 rings (SSSR count). The van der Waals surface area contributed by atoms with Crippen LogP contribution in [0.2, 0.25) is 0 Å². The third-order valence-corrected chi connectivity index (χ3v) is 5.90. The third-order valence-electron chi connectivity index (χ3n) is 5.29. The van der Waals surface area contributed by atoms with Gasteiger partial charge < -0.3 is 10.5 Å². The molecule has 0 aliphatic carbocycles.